The van der Waals surface area contributed by atoms with Gasteiger partial charge in [0.2, 0.25) is 0 Å². The van der Waals surface area contributed by atoms with Gasteiger partial charge in [-0.1, -0.05) is 13.8 Å². The monoisotopic (exact) mass is 345 g/mol. The zero-order valence-electron chi connectivity index (χ0n) is 10.0. The van der Waals surface area contributed by atoms with E-state index in [1.54, 1.807) is 4.90 Å². The zero-order valence-corrected chi connectivity index (χ0v) is 12.2. The van der Waals surface area contributed by atoms with Crippen molar-refractivity contribution >= 4 is 34.4 Å². The number of carbonyl (C=O) groups is 1. The Morgan fingerprint density at radius 1 is 1.41 bits per heavy atom. The highest BCUT2D eigenvalue weighted by Crippen LogP contribution is 2.27. The number of amides is 1. The van der Waals surface area contributed by atoms with Crippen LogP contribution in [0.1, 0.15) is 20.3 Å². The van der Waals surface area contributed by atoms with Crippen LogP contribution in [0.3, 0.4) is 0 Å². The minimum atomic E-state index is -0.225. The van der Waals surface area contributed by atoms with Gasteiger partial charge in [0.15, 0.2) is 0 Å². The number of hydrogen-bond donors (Lipinski definition) is 0. The van der Waals surface area contributed by atoms with Crippen molar-refractivity contribution in [3.05, 3.63) is 27.8 Å². The molecule has 1 aromatic rings. The number of hydrogen-bond acceptors (Lipinski definition) is 2. The summed E-state index contributed by atoms with van der Waals surface area (Å²) in [5.41, 5.74) is 0.929. The lowest BCUT2D eigenvalue weighted by atomic mass is 10.0. The molecule has 3 nitrogen and oxygen atoms in total. The predicted molar refractivity (Wildman–Crippen MR) is 76.2 cm³/mol. The molecule has 0 radical (unpaired) electrons. The number of nitrogens with zero attached hydrogens (tertiary/aromatic N) is 1. The normalized spacial score (nSPS) is 19.9. The van der Waals surface area contributed by atoms with E-state index in [0.29, 0.717) is 12.5 Å². The molecule has 1 saturated heterocycles. The molecule has 1 fully saturated rings. The third-order valence-electron chi connectivity index (χ3n) is 2.81. The molecule has 0 saturated carbocycles. The Morgan fingerprint density at radius 3 is 2.65 bits per heavy atom. The Bertz CT molecular complexity index is 402. The number of carbonyl (C=O) groups excluding carboxylic acids is 1. The molecule has 1 aromatic carbocycles. The van der Waals surface area contributed by atoms with Crippen LogP contribution in [0, 0.1) is 9.49 Å². The molecule has 92 valence electrons. The first-order valence-corrected chi connectivity index (χ1v) is 6.87. The molecule has 0 aromatic heterocycles. The molecular weight excluding hydrogens is 329 g/mol. The van der Waals surface area contributed by atoms with E-state index in [1.807, 2.05) is 24.3 Å². The maximum atomic E-state index is 11.8. The van der Waals surface area contributed by atoms with Gasteiger partial charge in [-0.15, -0.1) is 0 Å². The fourth-order valence-electron chi connectivity index (χ4n) is 2.10. The fraction of sp³-hybridized carbons (Fsp3) is 0.462. The number of halogens is 1. The van der Waals surface area contributed by atoms with Crippen LogP contribution in [0.25, 0.3) is 0 Å². The summed E-state index contributed by atoms with van der Waals surface area (Å²) >= 11 is 2.26. The van der Waals surface area contributed by atoms with E-state index in [9.17, 15) is 4.79 Å². The minimum absolute atomic E-state index is 0.169. The summed E-state index contributed by atoms with van der Waals surface area (Å²) in [5, 5.41) is 0. The Kier molecular flexibility index (Phi) is 3.91. The zero-order chi connectivity index (χ0) is 12.4. The van der Waals surface area contributed by atoms with E-state index >= 15 is 0 Å². The van der Waals surface area contributed by atoms with Gasteiger partial charge >= 0.3 is 6.09 Å². The summed E-state index contributed by atoms with van der Waals surface area (Å²) in [4.78, 5) is 13.5. The molecular formula is C13H16INO2. The Balaban J connectivity index is 2.21. The third-order valence-corrected chi connectivity index (χ3v) is 3.53. The number of ether oxygens (including phenoxy) is 1. The van der Waals surface area contributed by atoms with E-state index in [-0.39, 0.29) is 12.1 Å². The average Bonchev–Trinajstić information content (AvgIpc) is 2.61. The van der Waals surface area contributed by atoms with Gasteiger partial charge in [-0.05, 0) is 59.2 Å². The quantitative estimate of drug-likeness (QED) is 0.783. The molecule has 1 atom stereocenters. The van der Waals surface area contributed by atoms with Crippen LogP contribution in [-0.2, 0) is 4.74 Å². The van der Waals surface area contributed by atoms with Crippen LogP contribution in [0.15, 0.2) is 24.3 Å². The van der Waals surface area contributed by atoms with E-state index < -0.39 is 0 Å². The largest absolute Gasteiger partial charge is 0.447 e. The van der Waals surface area contributed by atoms with Gasteiger partial charge in [-0.2, -0.15) is 0 Å². The van der Waals surface area contributed by atoms with Crippen LogP contribution >= 0.6 is 22.6 Å². The Morgan fingerprint density at radius 2 is 2.06 bits per heavy atom. The second kappa shape index (κ2) is 5.25. The van der Waals surface area contributed by atoms with Crippen LogP contribution in [-0.4, -0.2) is 18.7 Å². The Labute approximate surface area is 115 Å². The molecule has 17 heavy (non-hydrogen) atoms. The molecule has 0 N–H and O–H groups in total. The van der Waals surface area contributed by atoms with Gasteiger partial charge in [-0.25, -0.2) is 4.79 Å². The lowest BCUT2D eigenvalue weighted by molar-refractivity contribution is 0.178. The second-order valence-corrected chi connectivity index (χ2v) is 5.95. The molecule has 1 unspecified atom stereocenters. The predicted octanol–water partition coefficient (Wildman–Crippen LogP) is 3.66. The van der Waals surface area contributed by atoms with E-state index in [1.165, 1.54) is 3.57 Å². The topological polar surface area (TPSA) is 29.5 Å². The molecule has 4 heteroatoms. The molecule has 1 aliphatic rings. The van der Waals surface area contributed by atoms with Gasteiger partial charge < -0.3 is 4.74 Å². The summed E-state index contributed by atoms with van der Waals surface area (Å²) < 4.78 is 6.31. The summed E-state index contributed by atoms with van der Waals surface area (Å²) in [7, 11) is 0. The molecule has 1 aliphatic heterocycles. The first kappa shape index (κ1) is 12.7. The number of cyclic esters (lactones) is 1. The number of rotatable bonds is 3. The second-order valence-electron chi connectivity index (χ2n) is 4.71. The maximum Gasteiger partial charge on any atom is 0.414 e. The molecule has 2 rings (SSSR count). The highest BCUT2D eigenvalue weighted by atomic mass is 127. The summed E-state index contributed by atoms with van der Waals surface area (Å²) in [6, 6.07) is 8.13. The molecule has 1 amide bonds. The van der Waals surface area contributed by atoms with Crippen molar-refractivity contribution in [1.82, 2.24) is 0 Å². The molecule has 0 bridgehead atoms. The molecule has 0 spiro atoms. The van der Waals surface area contributed by atoms with Crippen molar-refractivity contribution in [2.75, 3.05) is 11.5 Å². The van der Waals surface area contributed by atoms with Gasteiger partial charge in [0, 0.05) is 9.26 Å². The highest BCUT2D eigenvalue weighted by Gasteiger charge is 2.34. The van der Waals surface area contributed by atoms with Crippen molar-refractivity contribution in [2.45, 2.75) is 26.3 Å². The minimum Gasteiger partial charge on any atom is -0.447 e. The number of anilines is 1. The third kappa shape index (κ3) is 2.91. The van der Waals surface area contributed by atoms with Gasteiger partial charge in [0.25, 0.3) is 0 Å². The average molecular weight is 345 g/mol. The maximum absolute atomic E-state index is 11.8. The lowest BCUT2D eigenvalue weighted by Crippen LogP contribution is -2.34. The van der Waals surface area contributed by atoms with E-state index in [4.69, 9.17) is 4.74 Å². The van der Waals surface area contributed by atoms with E-state index in [0.717, 1.165) is 12.1 Å². The van der Waals surface area contributed by atoms with Crippen LogP contribution < -0.4 is 4.90 Å². The van der Waals surface area contributed by atoms with Gasteiger partial charge in [0.1, 0.15) is 6.61 Å². The molecule has 1 heterocycles. The smallest absolute Gasteiger partial charge is 0.414 e. The standard InChI is InChI=1S/C13H16INO2/c1-9(2)7-12-8-17-13(16)15(12)11-5-3-10(14)4-6-11/h3-6,9,12H,7-8H2,1-2H3. The van der Waals surface area contributed by atoms with Crippen molar-refractivity contribution in [1.29, 1.82) is 0 Å². The first-order valence-electron chi connectivity index (χ1n) is 5.79. The van der Waals surface area contributed by atoms with Crippen molar-refractivity contribution < 1.29 is 9.53 Å². The van der Waals surface area contributed by atoms with Crippen molar-refractivity contribution in [3.8, 4) is 0 Å². The van der Waals surface area contributed by atoms with Crippen LogP contribution in [0.2, 0.25) is 0 Å². The summed E-state index contributed by atoms with van der Waals surface area (Å²) in [6.07, 6.45) is 0.745. The van der Waals surface area contributed by atoms with Gasteiger partial charge in [0.05, 0.1) is 6.04 Å². The summed E-state index contributed by atoms with van der Waals surface area (Å²) in [5.74, 6) is 0.556. The lowest BCUT2D eigenvalue weighted by Gasteiger charge is -2.22. The summed E-state index contributed by atoms with van der Waals surface area (Å²) in [6.45, 7) is 4.83. The Hall–Kier alpha value is -0.780. The molecule has 0 aliphatic carbocycles. The SMILES string of the molecule is CC(C)CC1COC(=O)N1c1ccc(I)cc1. The van der Waals surface area contributed by atoms with Crippen molar-refractivity contribution in [2.24, 2.45) is 5.92 Å². The van der Waals surface area contributed by atoms with Crippen LogP contribution in [0.5, 0.6) is 0 Å². The van der Waals surface area contributed by atoms with Gasteiger partial charge in [-0.3, -0.25) is 4.90 Å². The number of benzene rings is 1. The fourth-order valence-corrected chi connectivity index (χ4v) is 2.46. The van der Waals surface area contributed by atoms with Crippen LogP contribution in [0.4, 0.5) is 10.5 Å². The van der Waals surface area contributed by atoms with Crippen molar-refractivity contribution in [3.63, 3.8) is 0 Å². The van der Waals surface area contributed by atoms with E-state index in [2.05, 4.69) is 36.4 Å². The highest BCUT2D eigenvalue weighted by molar-refractivity contribution is 14.1. The first-order chi connectivity index (χ1) is 8.08.